The number of rotatable bonds is 3. The molecular formula is C52H30O2. The Kier molecular flexibility index (Phi) is 6.09. The summed E-state index contributed by atoms with van der Waals surface area (Å²) < 4.78 is 13.6. The molecule has 2 nitrogen and oxygen atoms in total. The molecule has 0 aliphatic heterocycles. The molecule has 0 aliphatic rings. The Bertz CT molecular complexity index is 3430. The van der Waals surface area contributed by atoms with Gasteiger partial charge in [0, 0.05) is 27.1 Å². The summed E-state index contributed by atoms with van der Waals surface area (Å²) in [5.74, 6) is 0. The van der Waals surface area contributed by atoms with Gasteiger partial charge in [-0.1, -0.05) is 158 Å². The fraction of sp³-hybridized carbons (Fsp3) is 0. The van der Waals surface area contributed by atoms with Crippen molar-refractivity contribution < 1.29 is 8.83 Å². The van der Waals surface area contributed by atoms with E-state index in [1.54, 1.807) is 0 Å². The van der Waals surface area contributed by atoms with Crippen molar-refractivity contribution in [1.82, 2.24) is 0 Å². The van der Waals surface area contributed by atoms with Crippen molar-refractivity contribution in [3.8, 4) is 33.4 Å². The summed E-state index contributed by atoms with van der Waals surface area (Å²) in [5, 5.41) is 14.1. The number of fused-ring (bicyclic) bond motifs is 11. The Hall–Kier alpha value is -7.16. The normalized spacial score (nSPS) is 12.1. The zero-order valence-corrected chi connectivity index (χ0v) is 29.1. The molecule has 0 unspecified atom stereocenters. The van der Waals surface area contributed by atoms with Crippen molar-refractivity contribution in [1.29, 1.82) is 0 Å². The van der Waals surface area contributed by atoms with E-state index in [1.165, 1.54) is 54.6 Å². The lowest BCUT2D eigenvalue weighted by atomic mass is 9.83. The molecule has 2 aromatic heterocycles. The third-order valence-corrected chi connectivity index (χ3v) is 11.4. The van der Waals surface area contributed by atoms with Gasteiger partial charge in [-0.05, 0) is 95.2 Å². The highest BCUT2D eigenvalue weighted by Gasteiger charge is 2.24. The van der Waals surface area contributed by atoms with Crippen LogP contribution in [0.2, 0.25) is 0 Å². The molecule has 0 amide bonds. The summed E-state index contributed by atoms with van der Waals surface area (Å²) in [6, 6.07) is 65.5. The topological polar surface area (TPSA) is 26.3 Å². The fourth-order valence-corrected chi connectivity index (χ4v) is 9.13. The van der Waals surface area contributed by atoms with Gasteiger partial charge >= 0.3 is 0 Å². The molecule has 0 bridgehead atoms. The molecule has 0 N–H and O–H groups in total. The second-order valence-electron chi connectivity index (χ2n) is 14.3. The zero-order chi connectivity index (χ0) is 35.3. The van der Waals surface area contributed by atoms with Gasteiger partial charge < -0.3 is 8.83 Å². The Morgan fingerprint density at radius 2 is 0.815 bits per heavy atom. The predicted octanol–water partition coefficient (Wildman–Crippen LogP) is 15.1. The predicted molar refractivity (Wildman–Crippen MR) is 227 cm³/mol. The van der Waals surface area contributed by atoms with Crippen molar-refractivity contribution >= 4 is 87.0 Å². The lowest BCUT2D eigenvalue weighted by Gasteiger charge is -2.19. The fourth-order valence-electron chi connectivity index (χ4n) is 9.13. The van der Waals surface area contributed by atoms with Crippen LogP contribution in [0.15, 0.2) is 191 Å². The summed E-state index contributed by atoms with van der Waals surface area (Å²) in [7, 11) is 0. The van der Waals surface area contributed by atoms with Crippen LogP contribution >= 0.6 is 0 Å². The van der Waals surface area contributed by atoms with E-state index in [9.17, 15) is 0 Å². The monoisotopic (exact) mass is 686 g/mol. The molecule has 2 heterocycles. The van der Waals surface area contributed by atoms with Gasteiger partial charge in [0.15, 0.2) is 0 Å². The lowest BCUT2D eigenvalue weighted by molar-refractivity contribution is 0.664. The van der Waals surface area contributed by atoms with Gasteiger partial charge in [0.1, 0.15) is 22.3 Å². The number of hydrogen-bond acceptors (Lipinski definition) is 2. The minimum absolute atomic E-state index is 0.858. The highest BCUT2D eigenvalue weighted by molar-refractivity contribution is 6.30. The van der Waals surface area contributed by atoms with Gasteiger partial charge in [0.05, 0.1) is 0 Å². The second-order valence-corrected chi connectivity index (χ2v) is 14.3. The molecule has 12 rings (SSSR count). The van der Waals surface area contributed by atoms with E-state index < -0.39 is 0 Å². The highest BCUT2D eigenvalue weighted by atomic mass is 16.3. The zero-order valence-electron chi connectivity index (χ0n) is 29.1. The quantitative estimate of drug-likeness (QED) is 0.173. The summed E-state index contributed by atoms with van der Waals surface area (Å²) in [6.07, 6.45) is 0. The van der Waals surface area contributed by atoms with Gasteiger partial charge in [0.2, 0.25) is 0 Å². The van der Waals surface area contributed by atoms with Crippen LogP contribution in [0.5, 0.6) is 0 Å². The first-order chi connectivity index (χ1) is 26.8. The molecule has 250 valence electrons. The molecule has 0 radical (unpaired) electrons. The van der Waals surface area contributed by atoms with Crippen LogP contribution in [0, 0.1) is 0 Å². The van der Waals surface area contributed by atoms with Crippen LogP contribution in [-0.2, 0) is 0 Å². The van der Waals surface area contributed by atoms with Crippen molar-refractivity contribution in [2.75, 3.05) is 0 Å². The van der Waals surface area contributed by atoms with Crippen LogP contribution in [0.25, 0.3) is 120 Å². The van der Waals surface area contributed by atoms with Crippen LogP contribution in [0.1, 0.15) is 0 Å². The van der Waals surface area contributed by atoms with Gasteiger partial charge in [0.25, 0.3) is 0 Å². The molecule has 0 aliphatic carbocycles. The first-order valence-corrected chi connectivity index (χ1v) is 18.5. The van der Waals surface area contributed by atoms with Crippen molar-refractivity contribution in [3.63, 3.8) is 0 Å². The molecule has 0 spiro atoms. The van der Waals surface area contributed by atoms with E-state index >= 15 is 0 Å². The Morgan fingerprint density at radius 3 is 1.52 bits per heavy atom. The average molecular weight is 687 g/mol. The largest absolute Gasteiger partial charge is 0.456 e. The maximum absolute atomic E-state index is 6.97. The van der Waals surface area contributed by atoms with E-state index in [0.29, 0.717) is 0 Å². The molecule has 2 heteroatoms. The minimum Gasteiger partial charge on any atom is -0.456 e. The van der Waals surface area contributed by atoms with Crippen LogP contribution in [-0.4, -0.2) is 0 Å². The molecule has 0 atom stereocenters. The molecular weight excluding hydrogens is 657 g/mol. The van der Waals surface area contributed by atoms with Crippen molar-refractivity contribution in [3.05, 3.63) is 182 Å². The highest BCUT2D eigenvalue weighted by Crippen LogP contribution is 2.49. The van der Waals surface area contributed by atoms with E-state index in [0.717, 1.165) is 65.8 Å². The first-order valence-electron chi connectivity index (χ1n) is 18.5. The molecule has 12 aromatic rings. The van der Waals surface area contributed by atoms with E-state index in [4.69, 9.17) is 8.83 Å². The second kappa shape index (κ2) is 11.2. The molecule has 0 saturated carbocycles. The molecule has 54 heavy (non-hydrogen) atoms. The number of furan rings is 2. The Balaban J connectivity index is 1.19. The SMILES string of the molecule is c1ccc(-c2c3ccccc3c(-c3ccc(-c4cc5oc6ccccc6c5c5c4oc4cc6ccccc6cc45)c4ccccc34)c3ccccc23)cc1. The van der Waals surface area contributed by atoms with E-state index in [1.807, 2.05) is 6.07 Å². The van der Waals surface area contributed by atoms with E-state index in [2.05, 4.69) is 176 Å². The summed E-state index contributed by atoms with van der Waals surface area (Å²) >= 11 is 0. The van der Waals surface area contributed by atoms with Crippen molar-refractivity contribution in [2.24, 2.45) is 0 Å². The Morgan fingerprint density at radius 1 is 0.278 bits per heavy atom. The average Bonchev–Trinajstić information content (AvgIpc) is 3.79. The standard InChI is InChI=1S/C52H30O2/c1-2-14-31(15-3-1)48-37-20-8-10-22-39(37)49(40-23-11-9-21-38(40)48)41-27-26-36(34-18-6-7-19-35(34)41)43-30-47-50(42-24-12-13-25-45(42)53-47)51-44-28-32-16-4-5-17-33(32)29-46(44)54-52(43)51/h1-30H. The molecule has 10 aromatic carbocycles. The first kappa shape index (κ1) is 29.4. The van der Waals surface area contributed by atoms with Gasteiger partial charge in [-0.25, -0.2) is 0 Å². The number of benzene rings is 10. The smallest absolute Gasteiger partial charge is 0.144 e. The summed E-state index contributed by atoms with van der Waals surface area (Å²) in [5.41, 5.74) is 10.6. The maximum Gasteiger partial charge on any atom is 0.144 e. The lowest BCUT2D eigenvalue weighted by Crippen LogP contribution is -1.92. The third-order valence-electron chi connectivity index (χ3n) is 11.4. The van der Waals surface area contributed by atoms with Crippen molar-refractivity contribution in [2.45, 2.75) is 0 Å². The number of para-hydroxylation sites is 1. The minimum atomic E-state index is 0.858. The third kappa shape index (κ3) is 4.11. The van der Waals surface area contributed by atoms with Gasteiger partial charge in [-0.2, -0.15) is 0 Å². The van der Waals surface area contributed by atoms with Crippen LogP contribution in [0.4, 0.5) is 0 Å². The van der Waals surface area contributed by atoms with Gasteiger partial charge in [-0.3, -0.25) is 0 Å². The molecule has 0 fully saturated rings. The number of hydrogen-bond donors (Lipinski definition) is 0. The van der Waals surface area contributed by atoms with E-state index in [-0.39, 0.29) is 0 Å². The molecule has 0 saturated heterocycles. The summed E-state index contributed by atoms with van der Waals surface area (Å²) in [4.78, 5) is 0. The Labute approximate surface area is 310 Å². The van der Waals surface area contributed by atoms with Crippen LogP contribution < -0.4 is 0 Å². The van der Waals surface area contributed by atoms with Crippen LogP contribution in [0.3, 0.4) is 0 Å². The maximum atomic E-state index is 6.97. The van der Waals surface area contributed by atoms with Gasteiger partial charge in [-0.15, -0.1) is 0 Å². The summed E-state index contributed by atoms with van der Waals surface area (Å²) in [6.45, 7) is 0.